The molecule has 2 aromatic carbocycles. The summed E-state index contributed by atoms with van der Waals surface area (Å²) in [7, 11) is 0. The van der Waals surface area contributed by atoms with Gasteiger partial charge in [0.15, 0.2) is 4.34 Å². The van der Waals surface area contributed by atoms with Gasteiger partial charge in [-0.3, -0.25) is 10.1 Å². The number of rotatable bonds is 6. The topological polar surface area (TPSA) is 72.7 Å². The molecule has 0 aliphatic rings. The SMILES string of the molecule is Cc1c(C(=O)Nc2nnc(SCc3ccccc3)s2)cnn1-c1ccccc1F. The average molecular weight is 426 g/mol. The Morgan fingerprint density at radius 1 is 1.14 bits per heavy atom. The van der Waals surface area contributed by atoms with Crippen molar-refractivity contribution in [2.24, 2.45) is 0 Å². The Balaban J connectivity index is 1.44. The molecular weight excluding hydrogens is 409 g/mol. The number of nitrogens with zero attached hydrogens (tertiary/aromatic N) is 4. The summed E-state index contributed by atoms with van der Waals surface area (Å²) in [4.78, 5) is 12.6. The first-order chi connectivity index (χ1) is 14.1. The highest BCUT2D eigenvalue weighted by atomic mass is 32.2. The highest BCUT2D eigenvalue weighted by Crippen LogP contribution is 2.28. The third-order valence-corrected chi connectivity index (χ3v) is 6.21. The van der Waals surface area contributed by atoms with Gasteiger partial charge in [0, 0.05) is 5.75 Å². The Kier molecular flexibility index (Phi) is 5.68. The normalized spacial score (nSPS) is 10.8. The molecule has 6 nitrogen and oxygen atoms in total. The Morgan fingerprint density at radius 2 is 1.90 bits per heavy atom. The number of benzene rings is 2. The van der Waals surface area contributed by atoms with Gasteiger partial charge in [0.05, 0.1) is 17.5 Å². The maximum Gasteiger partial charge on any atom is 0.260 e. The van der Waals surface area contributed by atoms with Crippen molar-refractivity contribution in [2.75, 3.05) is 5.32 Å². The summed E-state index contributed by atoms with van der Waals surface area (Å²) >= 11 is 2.87. The van der Waals surface area contributed by atoms with E-state index in [0.717, 1.165) is 10.1 Å². The van der Waals surface area contributed by atoms with Crippen LogP contribution in [0.25, 0.3) is 5.69 Å². The number of nitrogens with one attached hydrogen (secondary N) is 1. The number of hydrogen-bond acceptors (Lipinski definition) is 6. The lowest BCUT2D eigenvalue weighted by molar-refractivity contribution is 0.102. The van der Waals surface area contributed by atoms with Crippen molar-refractivity contribution in [3.05, 3.63) is 83.4 Å². The van der Waals surface area contributed by atoms with Crippen molar-refractivity contribution in [1.29, 1.82) is 0 Å². The van der Waals surface area contributed by atoms with Gasteiger partial charge in [-0.15, -0.1) is 10.2 Å². The second-order valence-electron chi connectivity index (χ2n) is 6.11. The Bertz CT molecular complexity index is 1140. The van der Waals surface area contributed by atoms with Crippen molar-refractivity contribution in [1.82, 2.24) is 20.0 Å². The van der Waals surface area contributed by atoms with E-state index >= 15 is 0 Å². The minimum absolute atomic E-state index is 0.291. The first-order valence-electron chi connectivity index (χ1n) is 8.73. The first-order valence-corrected chi connectivity index (χ1v) is 10.5. The van der Waals surface area contributed by atoms with E-state index in [4.69, 9.17) is 0 Å². The number of anilines is 1. The predicted octanol–water partition coefficient (Wildman–Crippen LogP) is 4.72. The van der Waals surface area contributed by atoms with Crippen molar-refractivity contribution in [3.8, 4) is 5.69 Å². The summed E-state index contributed by atoms with van der Waals surface area (Å²) in [6.07, 6.45) is 1.42. The van der Waals surface area contributed by atoms with E-state index in [-0.39, 0.29) is 5.91 Å². The van der Waals surface area contributed by atoms with Crippen LogP contribution < -0.4 is 5.32 Å². The summed E-state index contributed by atoms with van der Waals surface area (Å²) in [6, 6.07) is 16.3. The molecule has 29 heavy (non-hydrogen) atoms. The molecule has 4 aromatic rings. The average Bonchev–Trinajstić information content (AvgIpc) is 3.34. The van der Waals surface area contributed by atoms with Gasteiger partial charge in [0.2, 0.25) is 5.13 Å². The van der Waals surface area contributed by atoms with E-state index in [1.807, 2.05) is 30.3 Å². The number of carbonyl (C=O) groups excluding carboxylic acids is 1. The van der Waals surface area contributed by atoms with Crippen LogP contribution in [0.3, 0.4) is 0 Å². The molecule has 0 fully saturated rings. The molecule has 2 heterocycles. The number of amides is 1. The monoisotopic (exact) mass is 425 g/mol. The van der Waals surface area contributed by atoms with Gasteiger partial charge in [-0.25, -0.2) is 9.07 Å². The Hall–Kier alpha value is -3.04. The third kappa shape index (κ3) is 4.36. The second-order valence-corrected chi connectivity index (χ2v) is 8.31. The maximum absolute atomic E-state index is 14.0. The van der Waals surface area contributed by atoms with E-state index in [1.165, 1.54) is 33.8 Å². The molecular formula is C20H16FN5OS2. The molecule has 1 amide bonds. The molecule has 0 unspecified atom stereocenters. The second kappa shape index (κ2) is 8.54. The fraction of sp³-hybridized carbons (Fsp3) is 0.100. The molecule has 2 aromatic heterocycles. The van der Waals surface area contributed by atoms with Crippen molar-refractivity contribution >= 4 is 34.1 Å². The van der Waals surface area contributed by atoms with Gasteiger partial charge >= 0.3 is 0 Å². The first kappa shape index (κ1) is 19.3. The van der Waals surface area contributed by atoms with Crippen LogP contribution in [0, 0.1) is 12.7 Å². The standard InChI is InChI=1S/C20H16FN5OS2/c1-13-15(11-22-26(13)17-10-6-5-9-16(17)21)18(27)23-19-24-25-20(29-19)28-12-14-7-3-2-4-8-14/h2-11H,12H2,1H3,(H,23,24,27). The third-order valence-electron chi connectivity index (χ3n) is 4.17. The number of hydrogen-bond donors (Lipinski definition) is 1. The summed E-state index contributed by atoms with van der Waals surface area (Å²) in [5, 5.41) is 15.4. The predicted molar refractivity (Wildman–Crippen MR) is 112 cm³/mol. The minimum atomic E-state index is -0.408. The summed E-state index contributed by atoms with van der Waals surface area (Å²) < 4.78 is 16.2. The maximum atomic E-state index is 14.0. The van der Waals surface area contributed by atoms with E-state index < -0.39 is 5.82 Å². The number of thioether (sulfide) groups is 1. The molecule has 0 bridgehead atoms. The molecule has 0 aliphatic heterocycles. The van der Waals surface area contributed by atoms with Crippen LogP contribution in [0.1, 0.15) is 21.6 Å². The summed E-state index contributed by atoms with van der Waals surface area (Å²) in [5.41, 5.74) is 2.37. The van der Waals surface area contributed by atoms with Crippen molar-refractivity contribution < 1.29 is 9.18 Å². The Morgan fingerprint density at radius 3 is 2.69 bits per heavy atom. The van der Waals surface area contributed by atoms with E-state index in [1.54, 1.807) is 36.9 Å². The number of para-hydroxylation sites is 1. The van der Waals surface area contributed by atoms with Gasteiger partial charge in [-0.05, 0) is 24.6 Å². The zero-order chi connectivity index (χ0) is 20.2. The molecule has 9 heteroatoms. The lowest BCUT2D eigenvalue weighted by atomic mass is 10.2. The van der Waals surface area contributed by atoms with Gasteiger partial charge < -0.3 is 0 Å². The number of halogens is 1. The molecule has 0 saturated carbocycles. The smallest absolute Gasteiger partial charge is 0.260 e. The lowest BCUT2D eigenvalue weighted by Gasteiger charge is -2.06. The highest BCUT2D eigenvalue weighted by molar-refractivity contribution is 8.00. The summed E-state index contributed by atoms with van der Waals surface area (Å²) in [6.45, 7) is 1.72. The van der Waals surface area contributed by atoms with E-state index in [2.05, 4.69) is 20.6 Å². The quantitative estimate of drug-likeness (QED) is 0.358. The Labute approximate surface area is 174 Å². The van der Waals surface area contributed by atoms with Crippen LogP contribution in [-0.2, 0) is 5.75 Å². The van der Waals surface area contributed by atoms with Gasteiger partial charge in [-0.1, -0.05) is 65.6 Å². The van der Waals surface area contributed by atoms with Crippen molar-refractivity contribution in [2.45, 2.75) is 17.0 Å². The number of carbonyl (C=O) groups is 1. The molecule has 0 aliphatic carbocycles. The van der Waals surface area contributed by atoms with Crippen LogP contribution in [0.4, 0.5) is 9.52 Å². The van der Waals surface area contributed by atoms with Gasteiger partial charge in [-0.2, -0.15) is 5.10 Å². The molecule has 0 spiro atoms. The van der Waals surface area contributed by atoms with E-state index in [0.29, 0.717) is 22.1 Å². The zero-order valence-electron chi connectivity index (χ0n) is 15.4. The molecule has 1 N–H and O–H groups in total. The highest BCUT2D eigenvalue weighted by Gasteiger charge is 2.18. The molecule has 0 saturated heterocycles. The van der Waals surface area contributed by atoms with Crippen LogP contribution in [0.15, 0.2) is 65.1 Å². The summed E-state index contributed by atoms with van der Waals surface area (Å²) in [5.74, 6) is 0.00787. The fourth-order valence-electron chi connectivity index (χ4n) is 2.70. The van der Waals surface area contributed by atoms with Crippen LogP contribution >= 0.6 is 23.1 Å². The van der Waals surface area contributed by atoms with Gasteiger partial charge in [0.1, 0.15) is 11.5 Å². The van der Waals surface area contributed by atoms with Gasteiger partial charge in [0.25, 0.3) is 5.91 Å². The molecule has 4 rings (SSSR count). The minimum Gasteiger partial charge on any atom is -0.296 e. The lowest BCUT2D eigenvalue weighted by Crippen LogP contribution is -2.13. The molecule has 0 radical (unpaired) electrons. The van der Waals surface area contributed by atoms with Crippen LogP contribution in [0.2, 0.25) is 0 Å². The van der Waals surface area contributed by atoms with Crippen molar-refractivity contribution in [3.63, 3.8) is 0 Å². The van der Waals surface area contributed by atoms with Crippen LogP contribution in [0.5, 0.6) is 0 Å². The fourth-order valence-corrected chi connectivity index (χ4v) is 4.40. The largest absolute Gasteiger partial charge is 0.296 e. The molecule has 146 valence electrons. The zero-order valence-corrected chi connectivity index (χ0v) is 17.0. The van der Waals surface area contributed by atoms with E-state index in [9.17, 15) is 9.18 Å². The number of aromatic nitrogens is 4. The van der Waals surface area contributed by atoms with Crippen LogP contribution in [-0.4, -0.2) is 25.9 Å². The molecule has 0 atom stereocenters.